The molecule has 22 heavy (non-hydrogen) atoms. The molecule has 0 aliphatic carbocycles. The van der Waals surface area contributed by atoms with Gasteiger partial charge in [0.1, 0.15) is 0 Å². The lowest BCUT2D eigenvalue weighted by atomic mass is 10.1. The van der Waals surface area contributed by atoms with Crippen molar-refractivity contribution < 1.29 is 9.59 Å². The smallest absolute Gasteiger partial charge is 0.220 e. The molecular formula is C18H36N2O2. The van der Waals surface area contributed by atoms with Gasteiger partial charge in [0, 0.05) is 24.9 Å². The molecule has 0 spiro atoms. The highest BCUT2D eigenvalue weighted by Gasteiger charge is 2.11. The molecule has 0 aromatic heterocycles. The standard InChI is InChI=1S/C18H36N2O2/c1-5-7-9-11-15(3)19-17(21)13-14-18(22)20-16(4)12-10-8-6-2/h15-16H,5-14H2,1-4H3,(H,19,21)(H,20,22)/t15-,16+. The van der Waals surface area contributed by atoms with Crippen LogP contribution in [0.3, 0.4) is 0 Å². The van der Waals surface area contributed by atoms with Crippen molar-refractivity contribution in [2.24, 2.45) is 0 Å². The van der Waals surface area contributed by atoms with Crippen molar-refractivity contribution in [3.8, 4) is 0 Å². The third-order valence-corrected chi connectivity index (χ3v) is 3.88. The van der Waals surface area contributed by atoms with Crippen LogP contribution in [-0.4, -0.2) is 23.9 Å². The van der Waals surface area contributed by atoms with Gasteiger partial charge in [-0.3, -0.25) is 9.59 Å². The van der Waals surface area contributed by atoms with Crippen LogP contribution in [0.1, 0.15) is 91.9 Å². The van der Waals surface area contributed by atoms with E-state index in [9.17, 15) is 9.59 Å². The van der Waals surface area contributed by atoms with E-state index in [1.807, 2.05) is 13.8 Å². The number of carbonyl (C=O) groups is 2. The van der Waals surface area contributed by atoms with E-state index in [0.717, 1.165) is 25.7 Å². The Morgan fingerprint density at radius 1 is 0.727 bits per heavy atom. The molecule has 130 valence electrons. The minimum atomic E-state index is -0.0159. The fraction of sp³-hybridized carbons (Fsp3) is 0.889. The van der Waals surface area contributed by atoms with Gasteiger partial charge < -0.3 is 10.6 Å². The van der Waals surface area contributed by atoms with Gasteiger partial charge in [0.2, 0.25) is 11.8 Å². The van der Waals surface area contributed by atoms with Crippen molar-refractivity contribution in [1.82, 2.24) is 10.6 Å². The summed E-state index contributed by atoms with van der Waals surface area (Å²) < 4.78 is 0. The van der Waals surface area contributed by atoms with Gasteiger partial charge in [-0.15, -0.1) is 0 Å². The Kier molecular flexibility index (Phi) is 12.9. The van der Waals surface area contributed by atoms with Gasteiger partial charge in [0.25, 0.3) is 0 Å². The lowest BCUT2D eigenvalue weighted by Crippen LogP contribution is -2.35. The number of carbonyl (C=O) groups excluding carboxylic acids is 2. The topological polar surface area (TPSA) is 58.2 Å². The molecule has 2 N–H and O–H groups in total. The molecule has 4 heteroatoms. The fourth-order valence-corrected chi connectivity index (χ4v) is 2.47. The Morgan fingerprint density at radius 2 is 1.09 bits per heavy atom. The number of hydrogen-bond acceptors (Lipinski definition) is 2. The molecule has 0 bridgehead atoms. The molecular weight excluding hydrogens is 276 g/mol. The first kappa shape index (κ1) is 20.9. The summed E-state index contributed by atoms with van der Waals surface area (Å²) in [6.07, 6.45) is 9.69. The molecule has 0 aliphatic heterocycles. The second kappa shape index (κ2) is 13.6. The third kappa shape index (κ3) is 12.7. The van der Waals surface area contributed by atoms with Gasteiger partial charge in [0.05, 0.1) is 0 Å². The summed E-state index contributed by atoms with van der Waals surface area (Å²) in [5, 5.41) is 5.94. The van der Waals surface area contributed by atoms with Crippen LogP contribution in [0.2, 0.25) is 0 Å². The summed E-state index contributed by atoms with van der Waals surface area (Å²) in [7, 11) is 0. The largest absolute Gasteiger partial charge is 0.354 e. The lowest BCUT2D eigenvalue weighted by Gasteiger charge is -2.15. The molecule has 2 amide bonds. The maximum Gasteiger partial charge on any atom is 0.220 e. The molecule has 0 radical (unpaired) electrons. The normalized spacial score (nSPS) is 13.5. The van der Waals surface area contributed by atoms with Crippen LogP contribution in [0.25, 0.3) is 0 Å². The van der Waals surface area contributed by atoms with Crippen molar-refractivity contribution in [3.05, 3.63) is 0 Å². The number of amides is 2. The Hall–Kier alpha value is -1.06. The van der Waals surface area contributed by atoms with E-state index in [2.05, 4.69) is 24.5 Å². The number of rotatable bonds is 13. The quantitative estimate of drug-likeness (QED) is 0.506. The monoisotopic (exact) mass is 312 g/mol. The first-order valence-corrected chi connectivity index (χ1v) is 9.08. The summed E-state index contributed by atoms with van der Waals surface area (Å²) in [5.41, 5.74) is 0. The van der Waals surface area contributed by atoms with Crippen molar-refractivity contribution in [1.29, 1.82) is 0 Å². The number of hydrogen-bond donors (Lipinski definition) is 2. The summed E-state index contributed by atoms with van der Waals surface area (Å²) in [4.78, 5) is 23.6. The van der Waals surface area contributed by atoms with E-state index in [4.69, 9.17) is 0 Å². The van der Waals surface area contributed by atoms with Crippen LogP contribution in [0.4, 0.5) is 0 Å². The van der Waals surface area contributed by atoms with Gasteiger partial charge in [-0.2, -0.15) is 0 Å². The van der Waals surface area contributed by atoms with Gasteiger partial charge in [0.15, 0.2) is 0 Å². The minimum Gasteiger partial charge on any atom is -0.354 e. The Labute approximate surface area is 136 Å². The second-order valence-corrected chi connectivity index (χ2v) is 6.43. The van der Waals surface area contributed by atoms with Gasteiger partial charge in [-0.05, 0) is 26.7 Å². The van der Waals surface area contributed by atoms with E-state index in [0.29, 0.717) is 0 Å². The predicted octanol–water partition coefficient (Wildman–Crippen LogP) is 3.94. The first-order chi connectivity index (χ1) is 10.5. The van der Waals surface area contributed by atoms with Crippen LogP contribution in [0.15, 0.2) is 0 Å². The van der Waals surface area contributed by atoms with Gasteiger partial charge in [-0.25, -0.2) is 0 Å². The number of nitrogens with one attached hydrogen (secondary N) is 2. The molecule has 0 aromatic rings. The molecule has 0 heterocycles. The Bertz CT molecular complexity index is 275. The highest BCUT2D eigenvalue weighted by Crippen LogP contribution is 2.05. The SMILES string of the molecule is CCCCC[C@@H](C)NC(=O)CCC(=O)N[C@@H](C)CCCCC. The predicted molar refractivity (Wildman–Crippen MR) is 92.7 cm³/mol. The zero-order valence-electron chi connectivity index (χ0n) is 15.0. The summed E-state index contributed by atoms with van der Waals surface area (Å²) in [5.74, 6) is -0.0319. The van der Waals surface area contributed by atoms with Crippen LogP contribution >= 0.6 is 0 Å². The van der Waals surface area contributed by atoms with Crippen LogP contribution in [-0.2, 0) is 9.59 Å². The van der Waals surface area contributed by atoms with E-state index in [-0.39, 0.29) is 36.7 Å². The average Bonchev–Trinajstić information content (AvgIpc) is 2.45. The Morgan fingerprint density at radius 3 is 1.41 bits per heavy atom. The summed E-state index contributed by atoms with van der Waals surface area (Å²) in [6.45, 7) is 8.41. The molecule has 0 aromatic carbocycles. The third-order valence-electron chi connectivity index (χ3n) is 3.88. The molecule has 0 unspecified atom stereocenters. The highest BCUT2D eigenvalue weighted by atomic mass is 16.2. The molecule has 0 saturated carbocycles. The molecule has 2 atom stereocenters. The van der Waals surface area contributed by atoms with Gasteiger partial charge >= 0.3 is 0 Å². The highest BCUT2D eigenvalue weighted by molar-refractivity contribution is 5.83. The van der Waals surface area contributed by atoms with E-state index in [1.54, 1.807) is 0 Å². The molecule has 0 fully saturated rings. The van der Waals surface area contributed by atoms with E-state index in [1.165, 1.54) is 25.7 Å². The zero-order valence-corrected chi connectivity index (χ0v) is 15.0. The average molecular weight is 312 g/mol. The molecule has 0 rings (SSSR count). The molecule has 0 saturated heterocycles. The first-order valence-electron chi connectivity index (χ1n) is 9.08. The summed E-state index contributed by atoms with van der Waals surface area (Å²) in [6, 6.07) is 0.408. The Balaban J connectivity index is 3.73. The van der Waals surface area contributed by atoms with Crippen molar-refractivity contribution >= 4 is 11.8 Å². The maximum atomic E-state index is 11.8. The molecule has 4 nitrogen and oxygen atoms in total. The van der Waals surface area contributed by atoms with E-state index < -0.39 is 0 Å². The minimum absolute atomic E-state index is 0.0159. The van der Waals surface area contributed by atoms with Crippen molar-refractivity contribution in [2.75, 3.05) is 0 Å². The fourth-order valence-electron chi connectivity index (χ4n) is 2.47. The molecule has 0 aliphatic rings. The van der Waals surface area contributed by atoms with Crippen molar-refractivity contribution in [2.45, 2.75) is 104 Å². The summed E-state index contributed by atoms with van der Waals surface area (Å²) >= 11 is 0. The maximum absolute atomic E-state index is 11.8. The zero-order chi connectivity index (χ0) is 16.8. The lowest BCUT2D eigenvalue weighted by molar-refractivity contribution is -0.127. The van der Waals surface area contributed by atoms with Crippen molar-refractivity contribution in [3.63, 3.8) is 0 Å². The van der Waals surface area contributed by atoms with Crippen LogP contribution < -0.4 is 10.6 Å². The van der Waals surface area contributed by atoms with Crippen LogP contribution in [0.5, 0.6) is 0 Å². The number of unbranched alkanes of at least 4 members (excludes halogenated alkanes) is 4. The van der Waals surface area contributed by atoms with Crippen LogP contribution in [0, 0.1) is 0 Å². The van der Waals surface area contributed by atoms with E-state index >= 15 is 0 Å². The second-order valence-electron chi connectivity index (χ2n) is 6.43. The van der Waals surface area contributed by atoms with Gasteiger partial charge in [-0.1, -0.05) is 52.4 Å².